The smallest absolute Gasteiger partial charge is 0.242 e. The van der Waals surface area contributed by atoms with Gasteiger partial charge in [-0.15, -0.1) is 0 Å². The first kappa shape index (κ1) is 21.7. The largest absolute Gasteiger partial charge is 0.357 e. The van der Waals surface area contributed by atoms with Crippen LogP contribution in [0.5, 0.6) is 0 Å². The number of pyridine rings is 1. The van der Waals surface area contributed by atoms with Crippen molar-refractivity contribution in [2.75, 3.05) is 31.5 Å². The predicted octanol–water partition coefficient (Wildman–Crippen LogP) is 1.04. The highest BCUT2D eigenvalue weighted by atomic mass is 32.2. The number of sulfonamides is 1. The molecule has 1 aromatic heterocycles. The van der Waals surface area contributed by atoms with E-state index >= 15 is 0 Å². The molecule has 0 fully saturated rings. The van der Waals surface area contributed by atoms with Crippen LogP contribution in [-0.2, 0) is 14.8 Å². The maximum Gasteiger partial charge on any atom is 0.242 e. The highest BCUT2D eigenvalue weighted by Gasteiger charge is 2.24. The average Bonchev–Trinajstić information content (AvgIpc) is 2.75. The number of carbonyl (C=O) groups is 1. The van der Waals surface area contributed by atoms with Crippen LogP contribution in [0.1, 0.15) is 24.8 Å². The summed E-state index contributed by atoms with van der Waals surface area (Å²) in [6.45, 7) is 3.60. The molecule has 1 aliphatic rings. The lowest BCUT2D eigenvalue weighted by Crippen LogP contribution is -2.41. The quantitative estimate of drug-likeness (QED) is 0.282. The van der Waals surface area contributed by atoms with Crippen molar-refractivity contribution >= 4 is 27.6 Å². The van der Waals surface area contributed by atoms with Crippen molar-refractivity contribution in [1.82, 2.24) is 20.3 Å². The van der Waals surface area contributed by atoms with Crippen molar-refractivity contribution in [3.8, 4) is 0 Å². The molecule has 1 aliphatic heterocycles. The van der Waals surface area contributed by atoms with Crippen LogP contribution in [0.3, 0.4) is 0 Å². The van der Waals surface area contributed by atoms with Gasteiger partial charge in [0.25, 0.3) is 0 Å². The molecular formula is C20H26N6O3S. The topological polar surface area (TPSA) is 125 Å². The minimum absolute atomic E-state index is 0.00510. The zero-order valence-electron chi connectivity index (χ0n) is 16.8. The van der Waals surface area contributed by atoms with E-state index in [2.05, 4.69) is 30.6 Å². The van der Waals surface area contributed by atoms with Crippen LogP contribution < -0.4 is 20.7 Å². The van der Waals surface area contributed by atoms with E-state index in [-0.39, 0.29) is 23.3 Å². The van der Waals surface area contributed by atoms with Gasteiger partial charge in [-0.1, -0.05) is 18.2 Å². The third kappa shape index (κ3) is 5.77. The van der Waals surface area contributed by atoms with Gasteiger partial charge in [0, 0.05) is 50.1 Å². The molecule has 10 heteroatoms. The molecule has 1 atom stereocenters. The molecule has 1 unspecified atom stereocenters. The molecule has 2 heterocycles. The van der Waals surface area contributed by atoms with E-state index in [1.165, 1.54) is 18.5 Å². The van der Waals surface area contributed by atoms with Gasteiger partial charge in [-0.25, -0.2) is 13.1 Å². The van der Waals surface area contributed by atoms with E-state index in [1.54, 1.807) is 6.07 Å². The molecule has 0 saturated heterocycles. The maximum atomic E-state index is 12.2. The first-order valence-electron chi connectivity index (χ1n) is 9.80. The summed E-state index contributed by atoms with van der Waals surface area (Å²) in [6, 6.07) is 10.8. The molecule has 0 bridgehead atoms. The molecular weight excluding hydrogens is 404 g/mol. The van der Waals surface area contributed by atoms with E-state index in [9.17, 15) is 13.2 Å². The predicted molar refractivity (Wildman–Crippen MR) is 116 cm³/mol. The molecule has 0 spiro atoms. The first-order chi connectivity index (χ1) is 14.5. The Labute approximate surface area is 176 Å². The molecule has 1 amide bonds. The Kier molecular flexibility index (Phi) is 7.36. The van der Waals surface area contributed by atoms with Crippen molar-refractivity contribution in [2.45, 2.75) is 24.2 Å². The van der Waals surface area contributed by atoms with Crippen LogP contribution in [-0.4, -0.2) is 51.4 Å². The van der Waals surface area contributed by atoms with Crippen molar-refractivity contribution in [3.63, 3.8) is 0 Å². The van der Waals surface area contributed by atoms with Gasteiger partial charge in [0.05, 0.1) is 6.54 Å². The van der Waals surface area contributed by atoms with E-state index in [0.717, 1.165) is 11.3 Å². The van der Waals surface area contributed by atoms with Crippen LogP contribution in [0.25, 0.3) is 0 Å². The second kappa shape index (κ2) is 10.2. The van der Waals surface area contributed by atoms with Crippen LogP contribution in [0.2, 0.25) is 0 Å². The maximum absolute atomic E-state index is 12.2. The minimum atomic E-state index is -3.60. The normalized spacial score (nSPS) is 16.5. The number of guanidine groups is 1. The van der Waals surface area contributed by atoms with Crippen molar-refractivity contribution in [2.24, 2.45) is 4.99 Å². The molecule has 3 rings (SSSR count). The monoisotopic (exact) mass is 430 g/mol. The van der Waals surface area contributed by atoms with Crippen LogP contribution in [0.4, 0.5) is 5.69 Å². The standard InChI is InChI=1S/C20H26N6O3S/c1-2-22-20(23-10-11-25-30(28,29)16-6-5-9-21-14-16)24-13-15-12-19(27)26-18-8-4-3-7-17(15)18/h3-9,14-15,25H,2,10-13H2,1H3,(H,26,27)(H2,22,23,24). The number of nitrogens with zero attached hydrogens (tertiary/aromatic N) is 2. The number of nitrogens with one attached hydrogen (secondary N) is 4. The third-order valence-electron chi connectivity index (χ3n) is 4.57. The Morgan fingerprint density at radius 3 is 2.80 bits per heavy atom. The van der Waals surface area contributed by atoms with Gasteiger partial charge >= 0.3 is 0 Å². The lowest BCUT2D eigenvalue weighted by Gasteiger charge is -2.24. The number of benzene rings is 1. The second-order valence-corrected chi connectivity index (χ2v) is 8.54. The van der Waals surface area contributed by atoms with E-state index in [0.29, 0.717) is 32.0 Å². The zero-order valence-corrected chi connectivity index (χ0v) is 17.6. The number of amides is 1. The lowest BCUT2D eigenvalue weighted by atomic mass is 9.91. The molecule has 160 valence electrons. The van der Waals surface area contributed by atoms with Crippen LogP contribution >= 0.6 is 0 Å². The van der Waals surface area contributed by atoms with Crippen LogP contribution in [0.15, 0.2) is 58.7 Å². The Balaban J connectivity index is 1.56. The lowest BCUT2D eigenvalue weighted by molar-refractivity contribution is -0.116. The van der Waals surface area contributed by atoms with Crippen LogP contribution in [0, 0.1) is 0 Å². The van der Waals surface area contributed by atoms with Gasteiger partial charge in [-0.05, 0) is 30.7 Å². The molecule has 0 radical (unpaired) electrons. The van der Waals surface area contributed by atoms with Crippen molar-refractivity contribution in [1.29, 1.82) is 0 Å². The zero-order chi connectivity index (χ0) is 21.4. The third-order valence-corrected chi connectivity index (χ3v) is 6.02. The summed E-state index contributed by atoms with van der Waals surface area (Å²) in [6.07, 6.45) is 3.21. The summed E-state index contributed by atoms with van der Waals surface area (Å²) in [7, 11) is -3.60. The Bertz CT molecular complexity index is 995. The Hall–Kier alpha value is -2.98. The van der Waals surface area contributed by atoms with Gasteiger partial charge in [-0.3, -0.25) is 14.8 Å². The molecule has 0 saturated carbocycles. The molecule has 0 aliphatic carbocycles. The van der Waals surface area contributed by atoms with E-state index < -0.39 is 10.0 Å². The summed E-state index contributed by atoms with van der Waals surface area (Å²) in [5.74, 6) is 0.549. The number of anilines is 1. The number of hydrogen-bond acceptors (Lipinski definition) is 5. The molecule has 4 N–H and O–H groups in total. The van der Waals surface area contributed by atoms with E-state index in [1.807, 2.05) is 31.2 Å². The Morgan fingerprint density at radius 1 is 1.20 bits per heavy atom. The van der Waals surface area contributed by atoms with Gasteiger partial charge in [-0.2, -0.15) is 0 Å². The molecule has 1 aromatic carbocycles. The fourth-order valence-electron chi connectivity index (χ4n) is 3.16. The Morgan fingerprint density at radius 2 is 2.03 bits per heavy atom. The first-order valence-corrected chi connectivity index (χ1v) is 11.3. The average molecular weight is 431 g/mol. The van der Waals surface area contributed by atoms with Crippen molar-refractivity contribution < 1.29 is 13.2 Å². The molecule has 2 aromatic rings. The fraction of sp³-hybridized carbons (Fsp3) is 0.350. The number of rotatable bonds is 8. The fourth-order valence-corrected chi connectivity index (χ4v) is 4.16. The van der Waals surface area contributed by atoms with Gasteiger partial charge in [0.2, 0.25) is 15.9 Å². The summed E-state index contributed by atoms with van der Waals surface area (Å²) < 4.78 is 27.0. The summed E-state index contributed by atoms with van der Waals surface area (Å²) in [4.78, 5) is 20.5. The molecule has 30 heavy (non-hydrogen) atoms. The SMILES string of the molecule is CCNC(=NCC1CC(=O)Nc2ccccc21)NCCNS(=O)(=O)c1cccnc1. The minimum Gasteiger partial charge on any atom is -0.357 e. The van der Waals surface area contributed by atoms with Gasteiger partial charge in [0.15, 0.2) is 5.96 Å². The summed E-state index contributed by atoms with van der Waals surface area (Å²) in [5, 5.41) is 9.14. The number of fused-ring (bicyclic) bond motifs is 1. The highest BCUT2D eigenvalue weighted by Crippen LogP contribution is 2.31. The van der Waals surface area contributed by atoms with Gasteiger partial charge < -0.3 is 16.0 Å². The number of hydrogen-bond donors (Lipinski definition) is 4. The number of carbonyl (C=O) groups excluding carboxylic acids is 1. The van der Waals surface area contributed by atoms with Gasteiger partial charge in [0.1, 0.15) is 4.90 Å². The number of aliphatic imine (C=N–C) groups is 1. The number of para-hydroxylation sites is 1. The summed E-state index contributed by atoms with van der Waals surface area (Å²) >= 11 is 0. The number of aromatic nitrogens is 1. The van der Waals surface area contributed by atoms with E-state index in [4.69, 9.17) is 0 Å². The van der Waals surface area contributed by atoms with Crippen molar-refractivity contribution in [3.05, 3.63) is 54.4 Å². The molecule has 9 nitrogen and oxygen atoms in total. The summed E-state index contributed by atoms with van der Waals surface area (Å²) in [5.41, 5.74) is 1.90. The second-order valence-electron chi connectivity index (χ2n) is 6.77. The highest BCUT2D eigenvalue weighted by molar-refractivity contribution is 7.89.